The molecule has 1 unspecified atom stereocenters. The first kappa shape index (κ1) is 15.6. The van der Waals surface area contributed by atoms with Gasteiger partial charge in [-0.3, -0.25) is 9.88 Å². The molecule has 0 bridgehead atoms. The smallest absolute Gasteiger partial charge is 0.208 e. The number of anilines is 1. The van der Waals surface area contributed by atoms with Gasteiger partial charge in [-0.2, -0.15) is 0 Å². The van der Waals surface area contributed by atoms with Gasteiger partial charge in [0.05, 0.1) is 6.04 Å². The number of hydrogen-bond acceptors (Lipinski definition) is 8. The number of hydrogen-bond donors (Lipinski definition) is 0. The lowest BCUT2D eigenvalue weighted by Crippen LogP contribution is -2.47. The summed E-state index contributed by atoms with van der Waals surface area (Å²) in [5.74, 6) is 0. The third-order valence-electron chi connectivity index (χ3n) is 4.24. The summed E-state index contributed by atoms with van der Waals surface area (Å²) in [6.07, 6.45) is 3.67. The maximum atomic E-state index is 4.44. The van der Waals surface area contributed by atoms with Crippen molar-refractivity contribution in [1.29, 1.82) is 0 Å². The SMILES string of the molecule is CC(c1nccs1)N1CCN(c2nnc(-c3ccccn3)s2)CC1. The summed E-state index contributed by atoms with van der Waals surface area (Å²) in [5.41, 5.74) is 0.886. The molecular weight excluding hydrogens is 340 g/mol. The summed E-state index contributed by atoms with van der Waals surface area (Å²) >= 11 is 3.34. The monoisotopic (exact) mass is 358 g/mol. The van der Waals surface area contributed by atoms with Crippen LogP contribution in [0.25, 0.3) is 10.7 Å². The Kier molecular flexibility index (Phi) is 4.50. The molecule has 0 spiro atoms. The molecule has 1 fully saturated rings. The van der Waals surface area contributed by atoms with Gasteiger partial charge in [-0.1, -0.05) is 17.4 Å². The Hall–Kier alpha value is -1.90. The quantitative estimate of drug-likeness (QED) is 0.715. The van der Waals surface area contributed by atoms with Crippen molar-refractivity contribution in [2.45, 2.75) is 13.0 Å². The summed E-state index contributed by atoms with van der Waals surface area (Å²) in [5, 5.41) is 13.8. The lowest BCUT2D eigenvalue weighted by Gasteiger charge is -2.37. The standard InChI is InChI=1S/C16H18N6S2/c1-12(14-18-6-11-23-14)21-7-9-22(10-8-21)16-20-19-15(24-16)13-4-2-3-5-17-13/h2-6,11-12H,7-10H2,1H3. The van der Waals surface area contributed by atoms with Crippen LogP contribution in [0, 0.1) is 0 Å². The van der Waals surface area contributed by atoms with Crippen LogP contribution in [-0.2, 0) is 0 Å². The van der Waals surface area contributed by atoms with E-state index in [1.54, 1.807) is 28.9 Å². The van der Waals surface area contributed by atoms with E-state index in [1.807, 2.05) is 29.8 Å². The maximum Gasteiger partial charge on any atom is 0.208 e. The largest absolute Gasteiger partial charge is 0.344 e. The summed E-state index contributed by atoms with van der Waals surface area (Å²) in [6.45, 7) is 6.19. The normalized spacial score (nSPS) is 17.1. The van der Waals surface area contributed by atoms with Crippen LogP contribution in [0.2, 0.25) is 0 Å². The molecule has 0 N–H and O–H groups in total. The zero-order valence-corrected chi connectivity index (χ0v) is 15.0. The van der Waals surface area contributed by atoms with Crippen molar-refractivity contribution >= 4 is 27.8 Å². The molecule has 0 aromatic carbocycles. The number of aromatic nitrogens is 4. The van der Waals surface area contributed by atoms with E-state index in [-0.39, 0.29) is 0 Å². The molecule has 8 heteroatoms. The molecule has 1 saturated heterocycles. The average Bonchev–Trinajstić information content (AvgIpc) is 3.34. The van der Waals surface area contributed by atoms with Gasteiger partial charge in [0.1, 0.15) is 10.7 Å². The highest BCUT2D eigenvalue weighted by Crippen LogP contribution is 2.29. The molecular formula is C16H18N6S2. The minimum absolute atomic E-state index is 0.380. The van der Waals surface area contributed by atoms with Crippen molar-refractivity contribution in [3.63, 3.8) is 0 Å². The van der Waals surface area contributed by atoms with Crippen molar-refractivity contribution in [3.05, 3.63) is 41.0 Å². The van der Waals surface area contributed by atoms with E-state index in [0.717, 1.165) is 42.0 Å². The topological polar surface area (TPSA) is 58.0 Å². The fourth-order valence-electron chi connectivity index (χ4n) is 2.83. The number of rotatable bonds is 4. The van der Waals surface area contributed by atoms with Gasteiger partial charge in [0.2, 0.25) is 5.13 Å². The summed E-state index contributed by atoms with van der Waals surface area (Å²) < 4.78 is 0. The Morgan fingerprint density at radius 3 is 2.62 bits per heavy atom. The van der Waals surface area contributed by atoms with E-state index in [2.05, 4.69) is 36.9 Å². The molecule has 3 aromatic heterocycles. The van der Waals surface area contributed by atoms with Crippen molar-refractivity contribution in [3.8, 4) is 10.7 Å². The van der Waals surface area contributed by atoms with Crippen LogP contribution in [0.3, 0.4) is 0 Å². The molecule has 1 aliphatic heterocycles. The molecule has 1 atom stereocenters. The lowest BCUT2D eigenvalue weighted by molar-refractivity contribution is 0.198. The molecule has 24 heavy (non-hydrogen) atoms. The molecule has 3 aromatic rings. The van der Waals surface area contributed by atoms with Gasteiger partial charge in [-0.15, -0.1) is 21.5 Å². The summed E-state index contributed by atoms with van der Waals surface area (Å²) in [4.78, 5) is 13.6. The Balaban J connectivity index is 1.40. The highest BCUT2D eigenvalue weighted by molar-refractivity contribution is 7.18. The molecule has 0 radical (unpaired) electrons. The van der Waals surface area contributed by atoms with E-state index < -0.39 is 0 Å². The summed E-state index contributed by atoms with van der Waals surface area (Å²) in [6, 6.07) is 6.24. The van der Waals surface area contributed by atoms with Crippen LogP contribution >= 0.6 is 22.7 Å². The summed E-state index contributed by atoms with van der Waals surface area (Å²) in [7, 11) is 0. The molecule has 0 aliphatic carbocycles. The number of pyridine rings is 1. The van der Waals surface area contributed by atoms with Gasteiger partial charge in [0, 0.05) is 44.0 Å². The predicted molar refractivity (Wildman–Crippen MR) is 97.5 cm³/mol. The Morgan fingerprint density at radius 1 is 1.04 bits per heavy atom. The molecule has 6 nitrogen and oxygen atoms in total. The minimum atomic E-state index is 0.380. The number of thiazole rings is 1. The van der Waals surface area contributed by atoms with Crippen LogP contribution in [0.5, 0.6) is 0 Å². The van der Waals surface area contributed by atoms with E-state index in [9.17, 15) is 0 Å². The Morgan fingerprint density at radius 2 is 1.92 bits per heavy atom. The molecule has 124 valence electrons. The van der Waals surface area contributed by atoms with Crippen LogP contribution in [0.15, 0.2) is 36.0 Å². The molecule has 0 amide bonds. The lowest BCUT2D eigenvalue weighted by atomic mass is 10.2. The van der Waals surface area contributed by atoms with Gasteiger partial charge >= 0.3 is 0 Å². The molecule has 4 rings (SSSR count). The van der Waals surface area contributed by atoms with Crippen LogP contribution in [0.1, 0.15) is 18.0 Å². The second kappa shape index (κ2) is 6.92. The van der Waals surface area contributed by atoms with Gasteiger partial charge in [-0.25, -0.2) is 4.98 Å². The van der Waals surface area contributed by atoms with Crippen molar-refractivity contribution in [1.82, 2.24) is 25.1 Å². The molecule has 4 heterocycles. The highest BCUT2D eigenvalue weighted by atomic mass is 32.1. The highest BCUT2D eigenvalue weighted by Gasteiger charge is 2.25. The fraction of sp³-hybridized carbons (Fsp3) is 0.375. The van der Waals surface area contributed by atoms with Gasteiger partial charge < -0.3 is 4.90 Å². The average molecular weight is 358 g/mol. The second-order valence-corrected chi connectivity index (χ2v) is 7.56. The molecule has 0 saturated carbocycles. The zero-order chi connectivity index (χ0) is 16.4. The van der Waals surface area contributed by atoms with E-state index >= 15 is 0 Å². The van der Waals surface area contributed by atoms with Crippen molar-refractivity contribution in [2.24, 2.45) is 0 Å². The van der Waals surface area contributed by atoms with Gasteiger partial charge in [0.25, 0.3) is 0 Å². The predicted octanol–water partition coefficient (Wildman–Crippen LogP) is 2.94. The Labute approximate surface area is 148 Å². The van der Waals surface area contributed by atoms with Crippen molar-refractivity contribution in [2.75, 3.05) is 31.1 Å². The van der Waals surface area contributed by atoms with Crippen LogP contribution < -0.4 is 4.90 Å². The maximum absolute atomic E-state index is 4.44. The first-order valence-electron chi connectivity index (χ1n) is 7.94. The van der Waals surface area contributed by atoms with Gasteiger partial charge in [-0.05, 0) is 19.1 Å². The third-order valence-corrected chi connectivity index (χ3v) is 6.19. The first-order chi connectivity index (χ1) is 11.8. The second-order valence-electron chi connectivity index (χ2n) is 5.67. The third kappa shape index (κ3) is 3.17. The van der Waals surface area contributed by atoms with E-state index in [1.165, 1.54) is 5.01 Å². The zero-order valence-electron chi connectivity index (χ0n) is 13.4. The number of nitrogens with zero attached hydrogens (tertiary/aromatic N) is 6. The van der Waals surface area contributed by atoms with Gasteiger partial charge in [0.15, 0.2) is 5.01 Å². The van der Waals surface area contributed by atoms with E-state index in [4.69, 9.17) is 0 Å². The Bertz CT molecular complexity index is 765. The number of piperazine rings is 1. The fourth-order valence-corrected chi connectivity index (χ4v) is 4.44. The van der Waals surface area contributed by atoms with Crippen LogP contribution in [0.4, 0.5) is 5.13 Å². The van der Waals surface area contributed by atoms with E-state index in [0.29, 0.717) is 6.04 Å². The molecule has 1 aliphatic rings. The van der Waals surface area contributed by atoms with Crippen LogP contribution in [-0.4, -0.2) is 51.2 Å². The minimum Gasteiger partial charge on any atom is -0.344 e. The van der Waals surface area contributed by atoms with Crippen molar-refractivity contribution < 1.29 is 0 Å². The first-order valence-corrected chi connectivity index (χ1v) is 9.64.